The van der Waals surface area contributed by atoms with E-state index in [1.54, 1.807) is 37.1 Å². The summed E-state index contributed by atoms with van der Waals surface area (Å²) in [6.45, 7) is 2.03. The molecule has 1 N–H and O–H groups in total. The number of benzene rings is 1. The summed E-state index contributed by atoms with van der Waals surface area (Å²) >= 11 is 12.0. The molecule has 88 valence electrons. The number of likely N-dealkylation sites (N-methyl/N-ethyl adjacent to an activating group) is 1. The minimum Gasteiger partial charge on any atom is -0.480 e. The molecule has 1 aromatic carbocycles. The molecule has 0 aliphatic carbocycles. The van der Waals surface area contributed by atoms with Crippen molar-refractivity contribution >= 4 is 29.2 Å². The van der Waals surface area contributed by atoms with Gasteiger partial charge in [-0.25, -0.2) is 0 Å². The number of hydrogen-bond acceptors (Lipinski definition) is 2. The smallest absolute Gasteiger partial charge is 0.320 e. The zero-order valence-electron chi connectivity index (χ0n) is 9.08. The van der Waals surface area contributed by atoms with Crippen LogP contribution in [0.15, 0.2) is 18.2 Å². The van der Waals surface area contributed by atoms with Crippen molar-refractivity contribution in [2.24, 2.45) is 0 Å². The second kappa shape index (κ2) is 5.53. The van der Waals surface area contributed by atoms with E-state index in [-0.39, 0.29) is 0 Å². The number of hydrogen-bond donors (Lipinski definition) is 1. The van der Waals surface area contributed by atoms with Crippen molar-refractivity contribution in [3.05, 3.63) is 33.8 Å². The van der Waals surface area contributed by atoms with Crippen molar-refractivity contribution in [3.8, 4) is 0 Å². The molecule has 0 heterocycles. The van der Waals surface area contributed by atoms with E-state index < -0.39 is 12.0 Å². The molecule has 1 atom stereocenters. The maximum atomic E-state index is 10.8. The van der Waals surface area contributed by atoms with Crippen LogP contribution in [0.3, 0.4) is 0 Å². The van der Waals surface area contributed by atoms with Crippen molar-refractivity contribution < 1.29 is 9.90 Å². The van der Waals surface area contributed by atoms with E-state index in [2.05, 4.69) is 0 Å². The second-order valence-electron chi connectivity index (χ2n) is 3.63. The molecule has 0 amide bonds. The largest absolute Gasteiger partial charge is 0.480 e. The monoisotopic (exact) mass is 261 g/mol. The molecule has 0 spiro atoms. The van der Waals surface area contributed by atoms with Gasteiger partial charge in [0.05, 0.1) is 0 Å². The van der Waals surface area contributed by atoms with E-state index in [1.165, 1.54) is 0 Å². The van der Waals surface area contributed by atoms with Gasteiger partial charge in [0.2, 0.25) is 0 Å². The van der Waals surface area contributed by atoms with Crippen LogP contribution in [-0.2, 0) is 11.3 Å². The number of carboxylic acid groups (broad SMARTS) is 1. The fraction of sp³-hybridized carbons (Fsp3) is 0.364. The van der Waals surface area contributed by atoms with Crippen molar-refractivity contribution in [1.82, 2.24) is 4.90 Å². The zero-order valence-corrected chi connectivity index (χ0v) is 10.6. The normalized spacial score (nSPS) is 12.8. The highest BCUT2D eigenvalue weighted by atomic mass is 35.5. The van der Waals surface area contributed by atoms with Crippen LogP contribution >= 0.6 is 23.2 Å². The van der Waals surface area contributed by atoms with Gasteiger partial charge in [0, 0.05) is 22.2 Å². The van der Waals surface area contributed by atoms with Crippen molar-refractivity contribution in [1.29, 1.82) is 0 Å². The Hall–Kier alpha value is -0.770. The van der Waals surface area contributed by atoms with Gasteiger partial charge in [-0.15, -0.1) is 0 Å². The number of rotatable bonds is 4. The van der Waals surface area contributed by atoms with Crippen molar-refractivity contribution in [3.63, 3.8) is 0 Å². The number of halogens is 2. The summed E-state index contributed by atoms with van der Waals surface area (Å²) in [5.41, 5.74) is 0.751. The van der Waals surface area contributed by atoms with Gasteiger partial charge < -0.3 is 5.11 Å². The van der Waals surface area contributed by atoms with E-state index >= 15 is 0 Å². The van der Waals surface area contributed by atoms with Crippen LogP contribution in [0.4, 0.5) is 0 Å². The van der Waals surface area contributed by atoms with Crippen LogP contribution in [0.2, 0.25) is 10.0 Å². The fourth-order valence-corrected chi connectivity index (χ4v) is 1.78. The average Bonchev–Trinajstić information content (AvgIpc) is 2.22. The predicted octanol–water partition coefficient (Wildman–Crippen LogP) is 2.90. The molecule has 1 aromatic rings. The Balaban J connectivity index is 2.84. The van der Waals surface area contributed by atoms with Gasteiger partial charge in [-0.05, 0) is 26.1 Å². The highest BCUT2D eigenvalue weighted by Crippen LogP contribution is 2.25. The summed E-state index contributed by atoms with van der Waals surface area (Å²) in [6.07, 6.45) is 0. The van der Waals surface area contributed by atoms with Gasteiger partial charge in [-0.2, -0.15) is 0 Å². The Labute approximate surface area is 105 Å². The van der Waals surface area contributed by atoms with E-state index in [4.69, 9.17) is 28.3 Å². The predicted molar refractivity (Wildman–Crippen MR) is 65.0 cm³/mol. The molecule has 0 aliphatic rings. The van der Waals surface area contributed by atoms with Crippen LogP contribution < -0.4 is 0 Å². The topological polar surface area (TPSA) is 40.5 Å². The van der Waals surface area contributed by atoms with Crippen LogP contribution in [-0.4, -0.2) is 29.1 Å². The molecular weight excluding hydrogens is 249 g/mol. The summed E-state index contributed by atoms with van der Waals surface area (Å²) < 4.78 is 0. The third kappa shape index (κ3) is 3.11. The quantitative estimate of drug-likeness (QED) is 0.906. The summed E-state index contributed by atoms with van der Waals surface area (Å²) in [5, 5.41) is 9.97. The number of carboxylic acids is 1. The van der Waals surface area contributed by atoms with Gasteiger partial charge in [0.15, 0.2) is 0 Å². The second-order valence-corrected chi connectivity index (χ2v) is 4.44. The SMILES string of the molecule is CC(C(=O)O)N(C)Cc1c(Cl)cccc1Cl. The van der Waals surface area contributed by atoms with E-state index in [0.717, 1.165) is 5.56 Å². The highest BCUT2D eigenvalue weighted by molar-refractivity contribution is 6.35. The zero-order chi connectivity index (χ0) is 12.3. The molecule has 0 saturated carbocycles. The summed E-state index contributed by atoms with van der Waals surface area (Å²) in [7, 11) is 1.72. The lowest BCUT2D eigenvalue weighted by atomic mass is 10.2. The summed E-state index contributed by atoms with van der Waals surface area (Å²) in [4.78, 5) is 12.5. The third-order valence-electron chi connectivity index (χ3n) is 2.49. The molecular formula is C11H13Cl2NO2. The van der Waals surface area contributed by atoms with Gasteiger partial charge in [-0.1, -0.05) is 29.3 Å². The first-order valence-electron chi connectivity index (χ1n) is 4.79. The molecule has 3 nitrogen and oxygen atoms in total. The van der Waals surface area contributed by atoms with Crippen LogP contribution in [0.25, 0.3) is 0 Å². The van der Waals surface area contributed by atoms with Crippen LogP contribution in [0.1, 0.15) is 12.5 Å². The molecule has 1 rings (SSSR count). The molecule has 0 aromatic heterocycles. The van der Waals surface area contributed by atoms with Crippen molar-refractivity contribution in [2.75, 3.05) is 7.05 Å². The first-order chi connectivity index (χ1) is 7.43. The van der Waals surface area contributed by atoms with Gasteiger partial charge >= 0.3 is 5.97 Å². The fourth-order valence-electron chi connectivity index (χ4n) is 1.26. The minimum atomic E-state index is -0.870. The maximum Gasteiger partial charge on any atom is 0.320 e. The lowest BCUT2D eigenvalue weighted by Gasteiger charge is -2.22. The molecule has 0 aliphatic heterocycles. The standard InChI is InChI=1S/C11H13Cl2NO2/c1-7(11(15)16)14(2)6-8-9(12)4-3-5-10(8)13/h3-5,7H,6H2,1-2H3,(H,15,16). The summed E-state index contributed by atoms with van der Waals surface area (Å²) in [5.74, 6) is -0.870. The molecule has 0 saturated heterocycles. The summed E-state index contributed by atoms with van der Waals surface area (Å²) in [6, 6.07) is 4.66. The Kier molecular flexibility index (Phi) is 4.59. The molecule has 0 radical (unpaired) electrons. The van der Waals surface area contributed by atoms with Gasteiger partial charge in [0.1, 0.15) is 6.04 Å². The molecule has 0 fully saturated rings. The van der Waals surface area contributed by atoms with Crippen LogP contribution in [0.5, 0.6) is 0 Å². The Bertz CT molecular complexity index is 375. The van der Waals surface area contributed by atoms with E-state index in [1.807, 2.05) is 0 Å². The Morgan fingerprint density at radius 3 is 2.38 bits per heavy atom. The molecule has 0 bridgehead atoms. The number of nitrogens with zero attached hydrogens (tertiary/aromatic N) is 1. The first kappa shape index (κ1) is 13.3. The van der Waals surface area contributed by atoms with E-state index in [9.17, 15) is 4.79 Å². The lowest BCUT2D eigenvalue weighted by Crippen LogP contribution is -2.35. The highest BCUT2D eigenvalue weighted by Gasteiger charge is 2.18. The average molecular weight is 262 g/mol. The molecule has 1 unspecified atom stereocenters. The van der Waals surface area contributed by atoms with Gasteiger partial charge in [-0.3, -0.25) is 9.69 Å². The maximum absolute atomic E-state index is 10.8. The Morgan fingerprint density at radius 1 is 1.44 bits per heavy atom. The van der Waals surface area contributed by atoms with E-state index in [0.29, 0.717) is 16.6 Å². The number of aliphatic carboxylic acids is 1. The third-order valence-corrected chi connectivity index (χ3v) is 3.20. The molecule has 5 heteroatoms. The van der Waals surface area contributed by atoms with Gasteiger partial charge in [0.25, 0.3) is 0 Å². The minimum absolute atomic E-state index is 0.409. The van der Waals surface area contributed by atoms with Crippen molar-refractivity contribution in [2.45, 2.75) is 19.5 Å². The molecule has 16 heavy (non-hydrogen) atoms. The number of carbonyl (C=O) groups is 1. The first-order valence-corrected chi connectivity index (χ1v) is 5.55. The Morgan fingerprint density at radius 2 is 1.94 bits per heavy atom. The lowest BCUT2D eigenvalue weighted by molar-refractivity contribution is -0.142. The van der Waals surface area contributed by atoms with Crippen LogP contribution in [0, 0.1) is 0 Å².